The number of hydrogen-bond acceptors (Lipinski definition) is 6. The molecule has 48 heavy (non-hydrogen) atoms. The first-order valence-electron chi connectivity index (χ1n) is 17.5. The van der Waals surface area contributed by atoms with Crippen LogP contribution in [0.1, 0.15) is 168 Å². The summed E-state index contributed by atoms with van der Waals surface area (Å²) < 4.78 is 0. The van der Waals surface area contributed by atoms with Gasteiger partial charge in [-0.3, -0.25) is 9.59 Å². The summed E-state index contributed by atoms with van der Waals surface area (Å²) in [6.45, 7) is 28.1. The van der Waals surface area contributed by atoms with E-state index in [2.05, 4.69) is 10.6 Å². The van der Waals surface area contributed by atoms with Gasteiger partial charge in [-0.25, -0.2) is 0 Å². The Kier molecular flexibility index (Phi) is 12.7. The molecule has 0 bridgehead atoms. The highest BCUT2D eigenvalue weighted by Gasteiger charge is 2.35. The van der Waals surface area contributed by atoms with Gasteiger partial charge in [0, 0.05) is 46.5 Å². The third kappa shape index (κ3) is 9.60. The largest absolute Gasteiger partial charge is 0.508 e. The van der Waals surface area contributed by atoms with E-state index in [1.807, 2.05) is 83.1 Å². The fourth-order valence-corrected chi connectivity index (χ4v) is 6.48. The third-order valence-electron chi connectivity index (χ3n) is 9.11. The van der Waals surface area contributed by atoms with Crippen LogP contribution in [-0.2, 0) is 31.2 Å². The summed E-state index contributed by atoms with van der Waals surface area (Å²) in [5, 5.41) is 50.6. The van der Waals surface area contributed by atoms with E-state index in [9.17, 15) is 30.0 Å². The molecule has 2 aromatic rings. The summed E-state index contributed by atoms with van der Waals surface area (Å²) in [6, 6.07) is 3.17. The first-order chi connectivity index (χ1) is 21.7. The highest BCUT2D eigenvalue weighted by molar-refractivity contribution is 5.86. The number of unbranched alkanes of at least 4 members (excludes halogenated alkanes) is 3. The van der Waals surface area contributed by atoms with Crippen molar-refractivity contribution in [3.63, 3.8) is 0 Å². The average Bonchev–Trinajstić information content (AvgIpc) is 2.92. The van der Waals surface area contributed by atoms with Gasteiger partial charge >= 0.3 is 0 Å². The van der Waals surface area contributed by atoms with E-state index in [1.165, 1.54) is 0 Å². The summed E-state index contributed by atoms with van der Waals surface area (Å²) >= 11 is 0. The fourth-order valence-electron chi connectivity index (χ4n) is 6.48. The maximum Gasteiger partial charge on any atom is 0.227 e. The Hall–Kier alpha value is -3.42. The summed E-state index contributed by atoms with van der Waals surface area (Å²) in [5.41, 5.74) is 1.65. The van der Waals surface area contributed by atoms with E-state index < -0.39 is 22.7 Å². The first kappa shape index (κ1) is 40.8. The van der Waals surface area contributed by atoms with Crippen molar-refractivity contribution in [1.82, 2.24) is 10.6 Å². The van der Waals surface area contributed by atoms with Crippen LogP contribution in [0, 0.1) is 0 Å². The number of carbonyl (C=O) groups is 2. The molecular formula is C40H64N2O6. The molecule has 0 fully saturated rings. The topological polar surface area (TPSA) is 139 Å². The van der Waals surface area contributed by atoms with Gasteiger partial charge in [-0.05, 0) is 60.5 Å². The zero-order valence-corrected chi connectivity index (χ0v) is 32.2. The number of phenols is 4. The van der Waals surface area contributed by atoms with Gasteiger partial charge in [0.15, 0.2) is 0 Å². The maximum atomic E-state index is 13.2. The minimum atomic E-state index is -0.652. The lowest BCUT2D eigenvalue weighted by atomic mass is 9.74. The molecule has 2 aromatic carbocycles. The number of carbonyl (C=O) groups excluding carboxylic acids is 2. The molecule has 8 nitrogen and oxygen atoms in total. The molecule has 2 unspecified atom stereocenters. The van der Waals surface area contributed by atoms with Gasteiger partial charge in [0.05, 0.1) is 11.8 Å². The summed E-state index contributed by atoms with van der Waals surface area (Å²) in [6.07, 6.45) is 3.24. The van der Waals surface area contributed by atoms with Crippen LogP contribution >= 0.6 is 0 Å². The van der Waals surface area contributed by atoms with Crippen LogP contribution in [0.5, 0.6) is 23.0 Å². The molecule has 8 heteroatoms. The second-order valence-corrected chi connectivity index (χ2v) is 17.6. The van der Waals surface area contributed by atoms with Crippen molar-refractivity contribution in [2.75, 3.05) is 13.1 Å². The molecule has 0 aliphatic heterocycles. The molecule has 2 rings (SSSR count). The maximum absolute atomic E-state index is 13.2. The van der Waals surface area contributed by atoms with Crippen molar-refractivity contribution in [1.29, 1.82) is 0 Å². The molecule has 0 saturated carbocycles. The van der Waals surface area contributed by atoms with Gasteiger partial charge in [-0.1, -0.05) is 95.9 Å². The van der Waals surface area contributed by atoms with E-state index in [0.717, 1.165) is 25.7 Å². The number of rotatable bonds is 11. The Labute approximate surface area is 289 Å². The van der Waals surface area contributed by atoms with Crippen LogP contribution in [0.15, 0.2) is 12.1 Å². The first-order valence-corrected chi connectivity index (χ1v) is 17.5. The fraction of sp³-hybridized carbons (Fsp3) is 0.650. The van der Waals surface area contributed by atoms with Gasteiger partial charge in [0.1, 0.15) is 23.0 Å². The molecule has 2 atom stereocenters. The Morgan fingerprint density at radius 3 is 1.08 bits per heavy atom. The molecule has 0 spiro atoms. The smallest absolute Gasteiger partial charge is 0.227 e. The number of hydrogen-bond donors (Lipinski definition) is 6. The second kappa shape index (κ2) is 15.0. The Balaban J connectivity index is 1.96. The van der Waals surface area contributed by atoms with Crippen molar-refractivity contribution in [3.8, 4) is 23.0 Å². The Morgan fingerprint density at radius 2 is 0.833 bits per heavy atom. The van der Waals surface area contributed by atoms with E-state index in [1.54, 1.807) is 26.0 Å². The molecule has 0 radical (unpaired) electrons. The third-order valence-corrected chi connectivity index (χ3v) is 9.11. The summed E-state index contributed by atoms with van der Waals surface area (Å²) in [5.74, 6) is -1.42. The standard InChI is InChI=1S/C40H64N2O6/c1-23(29-27(43)21-25(37(3,4)5)33(45)31(29)39(9,10)11)35(47)41-19-17-15-16-18-20-42-36(48)24(2)30-28(44)22-26(38(6,7)8)34(46)32(30)40(12,13)14/h21-24,43-46H,15-20H2,1-14H3,(H,41,47)(H,42,48). The average molecular weight is 669 g/mol. The molecule has 0 aromatic heterocycles. The minimum absolute atomic E-state index is 0.0187. The number of phenolic OH excluding ortho intramolecular Hbond substituents is 4. The molecule has 2 amide bonds. The molecule has 0 saturated heterocycles. The Bertz CT molecular complexity index is 1350. The van der Waals surface area contributed by atoms with Gasteiger partial charge < -0.3 is 31.1 Å². The minimum Gasteiger partial charge on any atom is -0.508 e. The van der Waals surface area contributed by atoms with Crippen LogP contribution in [0.4, 0.5) is 0 Å². The van der Waals surface area contributed by atoms with Gasteiger partial charge in [0.2, 0.25) is 11.8 Å². The van der Waals surface area contributed by atoms with E-state index in [4.69, 9.17) is 0 Å². The quantitative estimate of drug-likeness (QED) is 0.105. The molecule has 0 aliphatic carbocycles. The highest BCUT2D eigenvalue weighted by atomic mass is 16.3. The van der Waals surface area contributed by atoms with Crippen molar-refractivity contribution >= 4 is 11.8 Å². The van der Waals surface area contributed by atoms with E-state index in [0.29, 0.717) is 46.5 Å². The van der Waals surface area contributed by atoms with Gasteiger partial charge in [-0.2, -0.15) is 0 Å². The predicted octanol–water partition coefficient (Wildman–Crippen LogP) is 8.40. The molecular weight excluding hydrogens is 604 g/mol. The number of aromatic hydroxyl groups is 4. The van der Waals surface area contributed by atoms with Crippen LogP contribution < -0.4 is 10.6 Å². The molecule has 6 N–H and O–H groups in total. The molecule has 0 aliphatic rings. The van der Waals surface area contributed by atoms with Gasteiger partial charge in [0.25, 0.3) is 0 Å². The van der Waals surface area contributed by atoms with E-state index in [-0.39, 0.29) is 45.6 Å². The second-order valence-electron chi connectivity index (χ2n) is 17.6. The van der Waals surface area contributed by atoms with Crippen molar-refractivity contribution in [2.45, 2.75) is 156 Å². The lowest BCUT2D eigenvalue weighted by Crippen LogP contribution is -2.31. The zero-order valence-electron chi connectivity index (χ0n) is 32.2. The van der Waals surface area contributed by atoms with Crippen LogP contribution in [0.3, 0.4) is 0 Å². The molecule has 270 valence electrons. The highest BCUT2D eigenvalue weighted by Crippen LogP contribution is 2.48. The van der Waals surface area contributed by atoms with Crippen LogP contribution in [0.25, 0.3) is 0 Å². The predicted molar refractivity (Wildman–Crippen MR) is 196 cm³/mol. The number of benzene rings is 2. The molecule has 0 heterocycles. The summed E-state index contributed by atoms with van der Waals surface area (Å²) in [4.78, 5) is 26.3. The number of nitrogens with one attached hydrogen (secondary N) is 2. The lowest BCUT2D eigenvalue weighted by Gasteiger charge is -2.31. The number of amides is 2. The normalized spacial score (nSPS) is 14.0. The van der Waals surface area contributed by atoms with Crippen molar-refractivity contribution in [3.05, 3.63) is 45.5 Å². The van der Waals surface area contributed by atoms with Crippen molar-refractivity contribution < 1.29 is 30.0 Å². The monoisotopic (exact) mass is 668 g/mol. The summed E-state index contributed by atoms with van der Waals surface area (Å²) in [7, 11) is 0. The van der Waals surface area contributed by atoms with Crippen LogP contribution in [0.2, 0.25) is 0 Å². The lowest BCUT2D eigenvalue weighted by molar-refractivity contribution is -0.123. The van der Waals surface area contributed by atoms with Crippen molar-refractivity contribution in [2.24, 2.45) is 0 Å². The van der Waals surface area contributed by atoms with E-state index >= 15 is 0 Å². The SMILES string of the molecule is CC(C(=O)NCCCCCCNC(=O)C(C)c1c(O)cc(C(C)(C)C)c(O)c1C(C)(C)C)c1c(O)cc(C(C)(C)C)c(O)c1C(C)(C)C. The van der Waals surface area contributed by atoms with Crippen LogP contribution in [-0.4, -0.2) is 45.3 Å². The van der Waals surface area contributed by atoms with Gasteiger partial charge in [-0.15, -0.1) is 0 Å². The Morgan fingerprint density at radius 1 is 0.542 bits per heavy atom. The zero-order chi connectivity index (χ0) is 37.2.